The summed E-state index contributed by atoms with van der Waals surface area (Å²) in [7, 11) is 0. The molecule has 0 spiro atoms. The van der Waals surface area contributed by atoms with E-state index in [0.29, 0.717) is 5.69 Å². The number of benzene rings is 1. The highest BCUT2D eigenvalue weighted by Gasteiger charge is 2.37. The molecule has 9 heteroatoms. The average Bonchev–Trinajstić information content (AvgIpc) is 2.79. The SMILES string of the molecule is C=CC(=O)OCC(COC(=O)C=C)(COC(=O)C=C)COC(=O)Nc1ccc(C)c(C)c1. The molecule has 0 bridgehead atoms. The van der Waals surface area contributed by atoms with E-state index in [2.05, 4.69) is 25.1 Å². The molecule has 0 aliphatic carbocycles. The van der Waals surface area contributed by atoms with Crippen LogP contribution in [-0.4, -0.2) is 50.4 Å². The zero-order valence-electron chi connectivity index (χ0n) is 18.2. The van der Waals surface area contributed by atoms with Crippen molar-refractivity contribution in [3.8, 4) is 0 Å². The topological polar surface area (TPSA) is 117 Å². The van der Waals surface area contributed by atoms with E-state index in [-0.39, 0.29) is 0 Å². The maximum absolute atomic E-state index is 12.3. The molecule has 172 valence electrons. The molecule has 9 nitrogen and oxygen atoms in total. The number of rotatable bonds is 12. The Morgan fingerprint density at radius 2 is 1.22 bits per heavy atom. The number of carbonyl (C=O) groups excluding carboxylic acids is 4. The van der Waals surface area contributed by atoms with Gasteiger partial charge in [0, 0.05) is 23.9 Å². The van der Waals surface area contributed by atoms with E-state index < -0.39 is 55.8 Å². The van der Waals surface area contributed by atoms with Crippen molar-refractivity contribution < 1.29 is 38.1 Å². The van der Waals surface area contributed by atoms with E-state index >= 15 is 0 Å². The van der Waals surface area contributed by atoms with Crippen LogP contribution in [0.15, 0.2) is 56.2 Å². The van der Waals surface area contributed by atoms with Crippen LogP contribution in [-0.2, 0) is 33.3 Å². The van der Waals surface area contributed by atoms with Crippen molar-refractivity contribution in [2.24, 2.45) is 5.41 Å². The number of hydrogen-bond acceptors (Lipinski definition) is 8. The summed E-state index contributed by atoms with van der Waals surface area (Å²) in [5.74, 6) is -2.29. The highest BCUT2D eigenvalue weighted by Crippen LogP contribution is 2.22. The molecule has 0 saturated carbocycles. The van der Waals surface area contributed by atoms with Gasteiger partial charge in [-0.3, -0.25) is 5.32 Å². The third kappa shape index (κ3) is 8.86. The lowest BCUT2D eigenvalue weighted by Crippen LogP contribution is -2.44. The molecule has 0 aromatic heterocycles. The van der Waals surface area contributed by atoms with E-state index in [1.54, 1.807) is 12.1 Å². The first-order chi connectivity index (χ1) is 15.1. The summed E-state index contributed by atoms with van der Waals surface area (Å²) in [6.07, 6.45) is 1.99. The van der Waals surface area contributed by atoms with Crippen LogP contribution in [0.3, 0.4) is 0 Å². The first-order valence-electron chi connectivity index (χ1n) is 9.53. The molecule has 0 fully saturated rings. The molecule has 0 unspecified atom stereocenters. The largest absolute Gasteiger partial charge is 0.462 e. The molecule has 1 rings (SSSR count). The Hall–Kier alpha value is -3.88. The van der Waals surface area contributed by atoms with E-state index in [9.17, 15) is 19.2 Å². The lowest BCUT2D eigenvalue weighted by molar-refractivity contribution is -0.158. The summed E-state index contributed by atoms with van der Waals surface area (Å²) >= 11 is 0. The van der Waals surface area contributed by atoms with Crippen LogP contribution >= 0.6 is 0 Å². The van der Waals surface area contributed by atoms with Crippen molar-refractivity contribution in [2.45, 2.75) is 13.8 Å². The van der Waals surface area contributed by atoms with Gasteiger partial charge in [-0.25, -0.2) is 19.2 Å². The molecule has 1 aromatic rings. The van der Waals surface area contributed by atoms with Gasteiger partial charge in [-0.1, -0.05) is 25.8 Å². The van der Waals surface area contributed by atoms with Gasteiger partial charge in [-0.15, -0.1) is 0 Å². The second-order valence-corrected chi connectivity index (χ2v) is 6.94. The molecule has 32 heavy (non-hydrogen) atoms. The summed E-state index contributed by atoms with van der Waals surface area (Å²) in [4.78, 5) is 47.1. The first-order valence-corrected chi connectivity index (χ1v) is 9.53. The van der Waals surface area contributed by atoms with Crippen LogP contribution < -0.4 is 5.32 Å². The molecule has 0 saturated heterocycles. The summed E-state index contributed by atoms with van der Waals surface area (Å²) in [5.41, 5.74) is 1.15. The average molecular weight is 445 g/mol. The van der Waals surface area contributed by atoms with E-state index in [0.717, 1.165) is 29.4 Å². The maximum Gasteiger partial charge on any atom is 0.411 e. The number of carbonyl (C=O) groups is 4. The lowest BCUT2D eigenvalue weighted by Gasteiger charge is -2.31. The molecule has 1 amide bonds. The Labute approximate surface area is 186 Å². The molecule has 0 heterocycles. The number of esters is 3. The van der Waals surface area contributed by atoms with Gasteiger partial charge < -0.3 is 18.9 Å². The molecular weight excluding hydrogens is 418 g/mol. The van der Waals surface area contributed by atoms with Gasteiger partial charge in [0.1, 0.15) is 31.8 Å². The highest BCUT2D eigenvalue weighted by atomic mass is 16.6. The normalized spacial score (nSPS) is 10.3. The van der Waals surface area contributed by atoms with Gasteiger partial charge in [0.25, 0.3) is 0 Å². The van der Waals surface area contributed by atoms with Gasteiger partial charge in [-0.2, -0.15) is 0 Å². The maximum atomic E-state index is 12.3. The van der Waals surface area contributed by atoms with Gasteiger partial charge >= 0.3 is 24.0 Å². The van der Waals surface area contributed by atoms with E-state index in [1.165, 1.54) is 0 Å². The number of nitrogens with one attached hydrogen (secondary N) is 1. The van der Waals surface area contributed by atoms with Gasteiger partial charge in [0.15, 0.2) is 0 Å². The van der Waals surface area contributed by atoms with Gasteiger partial charge in [0.05, 0.1) is 0 Å². The fraction of sp³-hybridized carbons (Fsp3) is 0.304. The van der Waals surface area contributed by atoms with Crippen molar-refractivity contribution in [2.75, 3.05) is 31.7 Å². The van der Waals surface area contributed by atoms with E-state index in [1.807, 2.05) is 19.9 Å². The van der Waals surface area contributed by atoms with Crippen molar-refractivity contribution >= 4 is 29.7 Å². The Balaban J connectivity index is 3.00. The minimum absolute atomic E-state index is 0.399. The van der Waals surface area contributed by atoms with Gasteiger partial charge in [0.2, 0.25) is 0 Å². The van der Waals surface area contributed by atoms with E-state index in [4.69, 9.17) is 18.9 Å². The van der Waals surface area contributed by atoms with Crippen molar-refractivity contribution in [1.82, 2.24) is 0 Å². The van der Waals surface area contributed by atoms with Crippen LogP contribution in [0, 0.1) is 19.3 Å². The van der Waals surface area contributed by atoms with Crippen molar-refractivity contribution in [3.63, 3.8) is 0 Å². The molecule has 1 aromatic carbocycles. The predicted octanol–water partition coefficient (Wildman–Crippen LogP) is 3.03. The second-order valence-electron chi connectivity index (χ2n) is 6.94. The standard InChI is InChI=1S/C23H27NO8/c1-6-19(25)29-12-23(13-30-20(26)7-2,14-31-21(27)8-3)15-32-22(28)24-18-10-9-16(4)17(5)11-18/h6-11H,1-3,12-15H2,4-5H3,(H,24,28). The highest BCUT2D eigenvalue weighted by molar-refractivity contribution is 5.85. The molecule has 1 N–H and O–H groups in total. The summed E-state index contributed by atoms with van der Waals surface area (Å²) in [5, 5.41) is 2.58. The number of hydrogen-bond donors (Lipinski definition) is 1. The fourth-order valence-corrected chi connectivity index (χ4v) is 2.29. The summed E-state index contributed by atoms with van der Waals surface area (Å²) in [6, 6.07) is 5.32. The number of amides is 1. The number of aryl methyl sites for hydroxylation is 2. The predicted molar refractivity (Wildman–Crippen MR) is 117 cm³/mol. The second kappa shape index (κ2) is 12.7. The molecular formula is C23H27NO8. The molecule has 0 radical (unpaired) electrons. The van der Waals surface area contributed by atoms with Crippen molar-refractivity contribution in [3.05, 3.63) is 67.3 Å². The Morgan fingerprint density at radius 1 is 0.781 bits per heavy atom. The van der Waals surface area contributed by atoms with Crippen molar-refractivity contribution in [1.29, 1.82) is 0 Å². The lowest BCUT2D eigenvalue weighted by atomic mass is 9.92. The minimum Gasteiger partial charge on any atom is -0.462 e. The number of anilines is 1. The minimum atomic E-state index is -1.39. The monoisotopic (exact) mass is 445 g/mol. The summed E-state index contributed by atoms with van der Waals surface area (Å²) in [6.45, 7) is 12.1. The third-order valence-corrected chi connectivity index (χ3v) is 4.32. The van der Waals surface area contributed by atoms with Crippen LogP contribution in [0.25, 0.3) is 0 Å². The first kappa shape index (κ1) is 26.2. The Kier molecular flexibility index (Phi) is 10.4. The fourth-order valence-electron chi connectivity index (χ4n) is 2.29. The zero-order valence-corrected chi connectivity index (χ0v) is 18.2. The molecule has 0 aliphatic heterocycles. The molecule has 0 aliphatic rings. The zero-order chi connectivity index (χ0) is 24.1. The van der Waals surface area contributed by atoms with Gasteiger partial charge in [-0.05, 0) is 37.1 Å². The quantitative estimate of drug-likeness (QED) is 0.296. The number of ether oxygens (including phenoxy) is 4. The Morgan fingerprint density at radius 3 is 1.62 bits per heavy atom. The van der Waals surface area contributed by atoms with Crippen LogP contribution in [0.5, 0.6) is 0 Å². The summed E-state index contributed by atoms with van der Waals surface area (Å²) < 4.78 is 20.5. The Bertz CT molecular complexity index is 830. The smallest absolute Gasteiger partial charge is 0.411 e. The van der Waals surface area contributed by atoms with Crippen LogP contribution in [0.1, 0.15) is 11.1 Å². The van der Waals surface area contributed by atoms with Crippen LogP contribution in [0.2, 0.25) is 0 Å². The van der Waals surface area contributed by atoms with Crippen LogP contribution in [0.4, 0.5) is 10.5 Å². The molecule has 0 atom stereocenters. The third-order valence-electron chi connectivity index (χ3n) is 4.32.